The van der Waals surface area contributed by atoms with Crippen LogP contribution in [0.4, 0.5) is 0 Å². The molecule has 0 unspecified atom stereocenters. The quantitative estimate of drug-likeness (QED) is 0.708. The van der Waals surface area contributed by atoms with Crippen LogP contribution in [0.25, 0.3) is 0 Å². The van der Waals surface area contributed by atoms with E-state index in [9.17, 15) is 5.11 Å². The van der Waals surface area contributed by atoms with Gasteiger partial charge in [0.1, 0.15) is 5.75 Å². The first kappa shape index (κ1) is 11.8. The van der Waals surface area contributed by atoms with E-state index in [0.29, 0.717) is 16.6 Å². The van der Waals surface area contributed by atoms with E-state index in [-0.39, 0.29) is 0 Å². The van der Waals surface area contributed by atoms with E-state index >= 15 is 0 Å². The number of rotatable bonds is 0. The lowest BCUT2D eigenvalue weighted by Crippen LogP contribution is -2.44. The molecule has 1 heteroatoms. The molecule has 0 heterocycles. The first-order chi connectivity index (χ1) is 9.10. The minimum atomic E-state index is 0.441. The maximum Gasteiger partial charge on any atom is 0.115 e. The number of phenolic OH excluding ortho intramolecular Hbond substituents is 1. The van der Waals surface area contributed by atoms with Gasteiger partial charge in [0.15, 0.2) is 0 Å². The molecule has 2 saturated carbocycles. The summed E-state index contributed by atoms with van der Waals surface area (Å²) < 4.78 is 0. The fourth-order valence-electron chi connectivity index (χ4n) is 4.99. The largest absolute Gasteiger partial charge is 0.508 e. The molecule has 2 fully saturated rings. The Morgan fingerprint density at radius 1 is 1.11 bits per heavy atom. The summed E-state index contributed by atoms with van der Waals surface area (Å²) in [6.45, 7) is 2.51. The molecule has 0 aromatic heterocycles. The predicted molar refractivity (Wildman–Crippen MR) is 77.4 cm³/mol. The third-order valence-electron chi connectivity index (χ3n) is 6.59. The number of hydrogen-bond donors (Lipinski definition) is 1. The smallest absolute Gasteiger partial charge is 0.115 e. The van der Waals surface area contributed by atoms with Gasteiger partial charge in [0.05, 0.1) is 0 Å². The molecule has 102 valence electrons. The van der Waals surface area contributed by atoms with Gasteiger partial charge in [-0.1, -0.05) is 19.4 Å². The van der Waals surface area contributed by atoms with Crippen molar-refractivity contribution >= 4 is 0 Å². The standard InChI is InChI=1S/C18H24O/c1-17-8-5-13-11-14(19)3-4-15(13)16(17)12-18(10-9-17)6-2-7-18/h3-4,11,16,19H,2,5-10,12H2,1H3/t16-,17-/m1/s1. The summed E-state index contributed by atoms with van der Waals surface area (Å²) >= 11 is 0. The summed E-state index contributed by atoms with van der Waals surface area (Å²) in [6, 6.07) is 6.12. The first-order valence-corrected chi connectivity index (χ1v) is 7.92. The van der Waals surface area contributed by atoms with Crippen molar-refractivity contribution in [1.29, 1.82) is 0 Å². The van der Waals surface area contributed by atoms with Gasteiger partial charge in [0.2, 0.25) is 0 Å². The fraction of sp³-hybridized carbons (Fsp3) is 0.667. The summed E-state index contributed by atoms with van der Waals surface area (Å²) in [4.78, 5) is 0. The molecule has 4 rings (SSSR count). The maximum atomic E-state index is 9.71. The summed E-state index contributed by atoms with van der Waals surface area (Å²) in [5.74, 6) is 1.18. The second kappa shape index (κ2) is 3.77. The van der Waals surface area contributed by atoms with Crippen molar-refractivity contribution in [3.63, 3.8) is 0 Å². The van der Waals surface area contributed by atoms with E-state index in [4.69, 9.17) is 0 Å². The maximum absolute atomic E-state index is 9.71. The summed E-state index contributed by atoms with van der Waals surface area (Å²) in [7, 11) is 0. The highest BCUT2D eigenvalue weighted by Crippen LogP contribution is 2.63. The van der Waals surface area contributed by atoms with Gasteiger partial charge in [-0.15, -0.1) is 0 Å². The highest BCUT2D eigenvalue weighted by Gasteiger charge is 2.50. The van der Waals surface area contributed by atoms with Gasteiger partial charge >= 0.3 is 0 Å². The van der Waals surface area contributed by atoms with E-state index < -0.39 is 0 Å². The molecule has 1 aromatic rings. The molecule has 1 N–H and O–H groups in total. The number of aryl methyl sites for hydroxylation is 1. The van der Waals surface area contributed by atoms with Crippen molar-refractivity contribution in [2.75, 3.05) is 0 Å². The zero-order chi connectivity index (χ0) is 13.1. The number of phenols is 1. The molecule has 0 bridgehead atoms. The minimum Gasteiger partial charge on any atom is -0.508 e. The van der Waals surface area contributed by atoms with Crippen molar-refractivity contribution in [2.24, 2.45) is 10.8 Å². The Morgan fingerprint density at radius 3 is 2.68 bits per heavy atom. The van der Waals surface area contributed by atoms with Crippen molar-refractivity contribution < 1.29 is 5.11 Å². The van der Waals surface area contributed by atoms with Gasteiger partial charge in [0.25, 0.3) is 0 Å². The molecule has 1 aromatic carbocycles. The molecule has 0 aliphatic heterocycles. The molecular weight excluding hydrogens is 232 g/mol. The van der Waals surface area contributed by atoms with Crippen LogP contribution in [-0.2, 0) is 6.42 Å². The van der Waals surface area contributed by atoms with Crippen molar-refractivity contribution in [2.45, 2.75) is 64.2 Å². The zero-order valence-corrected chi connectivity index (χ0v) is 11.9. The van der Waals surface area contributed by atoms with Crippen LogP contribution in [0, 0.1) is 10.8 Å². The van der Waals surface area contributed by atoms with Crippen LogP contribution in [0.1, 0.15) is 68.9 Å². The Morgan fingerprint density at radius 2 is 1.95 bits per heavy atom. The topological polar surface area (TPSA) is 20.2 Å². The molecule has 0 radical (unpaired) electrons. The zero-order valence-electron chi connectivity index (χ0n) is 11.9. The van der Waals surface area contributed by atoms with Gasteiger partial charge < -0.3 is 5.11 Å². The van der Waals surface area contributed by atoms with E-state index in [2.05, 4.69) is 13.0 Å². The van der Waals surface area contributed by atoms with Crippen LogP contribution in [0.5, 0.6) is 5.75 Å². The molecule has 1 nitrogen and oxygen atoms in total. The van der Waals surface area contributed by atoms with E-state index in [1.165, 1.54) is 50.5 Å². The fourth-order valence-corrected chi connectivity index (χ4v) is 4.99. The molecule has 0 amide bonds. The number of hydrogen-bond acceptors (Lipinski definition) is 1. The van der Waals surface area contributed by atoms with Crippen LogP contribution in [0.15, 0.2) is 18.2 Å². The van der Waals surface area contributed by atoms with E-state index in [1.54, 1.807) is 5.56 Å². The average molecular weight is 256 g/mol. The highest BCUT2D eigenvalue weighted by molar-refractivity contribution is 5.41. The van der Waals surface area contributed by atoms with E-state index in [1.807, 2.05) is 12.1 Å². The Hall–Kier alpha value is -0.980. The Bertz CT molecular complexity index is 514. The lowest BCUT2D eigenvalue weighted by atomic mass is 9.48. The van der Waals surface area contributed by atoms with Crippen LogP contribution >= 0.6 is 0 Å². The normalized spacial score (nSPS) is 35.3. The number of benzene rings is 1. The SMILES string of the molecule is C[C@]12CCc3cc(O)ccc3[C@H]1CC1(CCC1)CC2. The monoisotopic (exact) mass is 256 g/mol. The van der Waals surface area contributed by atoms with Crippen LogP contribution < -0.4 is 0 Å². The first-order valence-electron chi connectivity index (χ1n) is 7.92. The Labute approximate surface area is 116 Å². The molecule has 2 atom stereocenters. The van der Waals surface area contributed by atoms with E-state index in [0.717, 1.165) is 12.3 Å². The average Bonchev–Trinajstić information content (AvgIpc) is 2.36. The van der Waals surface area contributed by atoms with Crippen LogP contribution in [-0.4, -0.2) is 5.11 Å². The highest BCUT2D eigenvalue weighted by atomic mass is 16.3. The Kier molecular flexibility index (Phi) is 2.35. The molecule has 0 saturated heterocycles. The molecule has 3 aliphatic carbocycles. The molecule has 19 heavy (non-hydrogen) atoms. The summed E-state index contributed by atoms with van der Waals surface area (Å²) in [6.07, 6.45) is 11.1. The third kappa shape index (κ3) is 1.67. The van der Waals surface area contributed by atoms with Crippen molar-refractivity contribution in [3.05, 3.63) is 29.3 Å². The van der Waals surface area contributed by atoms with Gasteiger partial charge in [0, 0.05) is 0 Å². The minimum absolute atomic E-state index is 0.441. The molecule has 3 aliphatic rings. The second-order valence-electron chi connectivity index (χ2n) is 7.65. The van der Waals surface area contributed by atoms with Crippen LogP contribution in [0.2, 0.25) is 0 Å². The second-order valence-corrected chi connectivity index (χ2v) is 7.65. The van der Waals surface area contributed by atoms with Gasteiger partial charge in [-0.2, -0.15) is 0 Å². The predicted octanol–water partition coefficient (Wildman–Crippen LogP) is 4.78. The summed E-state index contributed by atoms with van der Waals surface area (Å²) in [5.41, 5.74) is 4.18. The van der Waals surface area contributed by atoms with Gasteiger partial charge in [-0.05, 0) is 85.0 Å². The van der Waals surface area contributed by atoms with Crippen LogP contribution in [0.3, 0.4) is 0 Å². The van der Waals surface area contributed by atoms with Gasteiger partial charge in [-0.25, -0.2) is 0 Å². The molecule has 1 spiro atoms. The van der Waals surface area contributed by atoms with Gasteiger partial charge in [-0.3, -0.25) is 0 Å². The summed E-state index contributed by atoms with van der Waals surface area (Å²) in [5, 5.41) is 9.71. The Balaban J connectivity index is 1.75. The van der Waals surface area contributed by atoms with Crippen molar-refractivity contribution in [3.8, 4) is 5.75 Å². The number of fused-ring (bicyclic) bond motifs is 3. The number of aromatic hydroxyl groups is 1. The molecular formula is C18H24O. The lowest BCUT2D eigenvalue weighted by molar-refractivity contribution is -0.00533. The third-order valence-corrected chi connectivity index (χ3v) is 6.59. The lowest BCUT2D eigenvalue weighted by Gasteiger charge is -2.56. The van der Waals surface area contributed by atoms with Crippen molar-refractivity contribution in [1.82, 2.24) is 0 Å².